The second-order valence-corrected chi connectivity index (χ2v) is 9.48. The number of carbonyl (C=O) groups is 2. The van der Waals surface area contributed by atoms with Crippen LogP contribution in [0.25, 0.3) is 11.5 Å². The van der Waals surface area contributed by atoms with E-state index < -0.39 is 23.6 Å². The molecular weight excluding hydrogens is 523 g/mol. The van der Waals surface area contributed by atoms with Gasteiger partial charge in [-0.25, -0.2) is 4.98 Å². The maximum atomic E-state index is 12.7. The number of benzene rings is 3. The molecule has 1 atom stereocenters. The Morgan fingerprint density at radius 2 is 1.60 bits per heavy atom. The lowest BCUT2D eigenvalue weighted by Gasteiger charge is -2.13. The van der Waals surface area contributed by atoms with E-state index in [1.54, 1.807) is 24.3 Å². The van der Waals surface area contributed by atoms with Crippen molar-refractivity contribution in [1.82, 2.24) is 4.98 Å². The average Bonchev–Trinajstić information content (AvgIpc) is 3.29. The number of oxazole rings is 1. The Hall–Kier alpha value is -4.40. The highest BCUT2D eigenvalue weighted by Crippen LogP contribution is 2.29. The Labute approximate surface area is 229 Å². The summed E-state index contributed by atoms with van der Waals surface area (Å²) in [6.45, 7) is 2.23. The zero-order valence-corrected chi connectivity index (χ0v) is 21.8. The van der Waals surface area contributed by atoms with Crippen molar-refractivity contribution < 1.29 is 37.0 Å². The lowest BCUT2D eigenvalue weighted by molar-refractivity contribution is -0.143. The number of ether oxygens (including phenoxy) is 1. The van der Waals surface area contributed by atoms with Gasteiger partial charge >= 0.3 is 12.1 Å². The van der Waals surface area contributed by atoms with Gasteiger partial charge in [-0.05, 0) is 60.9 Å². The van der Waals surface area contributed by atoms with Gasteiger partial charge in [0.15, 0.2) is 0 Å². The van der Waals surface area contributed by atoms with Crippen LogP contribution in [0.15, 0.2) is 83.3 Å². The average molecular weight is 552 g/mol. The number of Topliss-reactive ketones (excluding diaryl/α,β-unsaturated/α-hetero) is 1. The monoisotopic (exact) mass is 551 g/mol. The summed E-state index contributed by atoms with van der Waals surface area (Å²) in [6, 6.07) is 20.9. The van der Waals surface area contributed by atoms with E-state index in [0.717, 1.165) is 34.7 Å². The lowest BCUT2D eigenvalue weighted by Crippen LogP contribution is -2.21. The summed E-state index contributed by atoms with van der Waals surface area (Å²) in [7, 11) is 0. The predicted molar refractivity (Wildman–Crippen MR) is 142 cm³/mol. The molecule has 1 unspecified atom stereocenters. The molecule has 0 saturated carbocycles. The molecule has 0 spiro atoms. The number of aromatic nitrogens is 1. The van der Waals surface area contributed by atoms with E-state index in [2.05, 4.69) is 4.98 Å². The number of aryl methyl sites for hydroxylation is 1. The first-order chi connectivity index (χ1) is 19.1. The zero-order chi connectivity index (χ0) is 28.7. The molecule has 0 amide bonds. The predicted octanol–water partition coefficient (Wildman–Crippen LogP) is 6.74. The topological polar surface area (TPSA) is 89.6 Å². The number of alkyl halides is 3. The van der Waals surface area contributed by atoms with E-state index >= 15 is 0 Å². The summed E-state index contributed by atoms with van der Waals surface area (Å²) in [5.41, 5.74) is 2.03. The first-order valence-electron chi connectivity index (χ1n) is 12.7. The van der Waals surface area contributed by atoms with Gasteiger partial charge < -0.3 is 14.3 Å². The normalized spacial score (nSPS) is 12.2. The maximum Gasteiger partial charge on any atom is 0.416 e. The van der Waals surface area contributed by atoms with Gasteiger partial charge in [-0.2, -0.15) is 13.2 Å². The third-order valence-electron chi connectivity index (χ3n) is 6.43. The van der Waals surface area contributed by atoms with Gasteiger partial charge in [-0.3, -0.25) is 9.59 Å². The molecule has 0 aliphatic rings. The summed E-state index contributed by atoms with van der Waals surface area (Å²) < 4.78 is 49.8. The first-order valence-corrected chi connectivity index (χ1v) is 12.7. The second-order valence-electron chi connectivity index (χ2n) is 9.48. The molecule has 0 bridgehead atoms. The zero-order valence-electron chi connectivity index (χ0n) is 21.8. The summed E-state index contributed by atoms with van der Waals surface area (Å²) in [5.74, 6) is -0.528. The largest absolute Gasteiger partial charge is 0.493 e. The van der Waals surface area contributed by atoms with Crippen LogP contribution in [0.4, 0.5) is 13.2 Å². The van der Waals surface area contributed by atoms with Crippen LogP contribution in [0.5, 0.6) is 5.75 Å². The summed E-state index contributed by atoms with van der Waals surface area (Å²) in [5, 5.41) is 9.64. The first kappa shape index (κ1) is 28.6. The summed E-state index contributed by atoms with van der Waals surface area (Å²) >= 11 is 0. The molecule has 9 heteroatoms. The molecule has 0 saturated heterocycles. The van der Waals surface area contributed by atoms with Crippen molar-refractivity contribution in [3.63, 3.8) is 0 Å². The number of ketones is 1. The third kappa shape index (κ3) is 7.81. The number of carboxylic acid groups (broad SMARTS) is 1. The molecular formula is C31H28F3NO5. The van der Waals surface area contributed by atoms with Gasteiger partial charge in [0.05, 0.1) is 23.8 Å². The smallest absolute Gasteiger partial charge is 0.416 e. The van der Waals surface area contributed by atoms with E-state index in [1.165, 1.54) is 12.1 Å². The molecule has 40 heavy (non-hydrogen) atoms. The van der Waals surface area contributed by atoms with Crippen molar-refractivity contribution in [2.24, 2.45) is 5.92 Å². The summed E-state index contributed by atoms with van der Waals surface area (Å²) in [6.07, 6.45) is -4.13. The molecule has 1 aromatic heterocycles. The number of rotatable bonds is 12. The second kappa shape index (κ2) is 12.6. The molecule has 0 radical (unpaired) electrons. The Morgan fingerprint density at radius 1 is 0.950 bits per heavy atom. The van der Waals surface area contributed by atoms with Crippen LogP contribution >= 0.6 is 0 Å². The van der Waals surface area contributed by atoms with Crippen LogP contribution in [-0.2, 0) is 35.0 Å². The molecule has 4 aromatic rings. The minimum absolute atomic E-state index is 0.132. The third-order valence-corrected chi connectivity index (χ3v) is 6.43. The molecule has 1 heterocycles. The van der Waals surface area contributed by atoms with Gasteiger partial charge in [-0.1, -0.05) is 42.5 Å². The molecule has 0 fully saturated rings. The van der Waals surface area contributed by atoms with E-state index in [1.807, 2.05) is 37.3 Å². The minimum atomic E-state index is -4.46. The van der Waals surface area contributed by atoms with Crippen LogP contribution in [0.1, 0.15) is 34.6 Å². The molecule has 3 aromatic carbocycles. The van der Waals surface area contributed by atoms with Crippen LogP contribution in [0.2, 0.25) is 0 Å². The highest BCUT2D eigenvalue weighted by molar-refractivity contribution is 5.85. The van der Waals surface area contributed by atoms with Crippen LogP contribution in [0, 0.1) is 12.8 Å². The molecule has 0 aliphatic carbocycles. The Morgan fingerprint density at radius 3 is 2.23 bits per heavy atom. The van der Waals surface area contributed by atoms with Crippen molar-refractivity contribution in [2.45, 2.75) is 38.8 Å². The lowest BCUT2D eigenvalue weighted by atomic mass is 9.92. The maximum absolute atomic E-state index is 12.7. The minimum Gasteiger partial charge on any atom is -0.493 e. The van der Waals surface area contributed by atoms with Crippen molar-refractivity contribution >= 4 is 11.8 Å². The Kier molecular flexibility index (Phi) is 9.04. The van der Waals surface area contributed by atoms with E-state index in [-0.39, 0.29) is 25.0 Å². The Bertz CT molecular complexity index is 1430. The van der Waals surface area contributed by atoms with Gasteiger partial charge in [-0.15, -0.1) is 0 Å². The molecule has 6 nitrogen and oxygen atoms in total. The van der Waals surface area contributed by atoms with Crippen molar-refractivity contribution in [3.8, 4) is 17.2 Å². The van der Waals surface area contributed by atoms with Crippen LogP contribution in [-0.4, -0.2) is 28.4 Å². The number of halogens is 3. The highest BCUT2D eigenvalue weighted by Gasteiger charge is 2.30. The van der Waals surface area contributed by atoms with E-state index in [0.29, 0.717) is 30.2 Å². The number of aliphatic carboxylic acids is 1. The number of carboxylic acids is 1. The fraction of sp³-hybridized carbons (Fsp3) is 0.258. The van der Waals surface area contributed by atoms with Gasteiger partial charge in [0.2, 0.25) is 5.89 Å². The van der Waals surface area contributed by atoms with Crippen molar-refractivity contribution in [2.75, 3.05) is 6.61 Å². The fourth-order valence-corrected chi connectivity index (χ4v) is 4.27. The number of hydrogen-bond acceptors (Lipinski definition) is 5. The van der Waals surface area contributed by atoms with Crippen LogP contribution < -0.4 is 4.74 Å². The standard InChI is InChI=1S/C31H28F3NO5/c1-20-28(35-29(40-20)23-5-3-2-4-6-23)15-16-39-27-13-9-21(10-14-27)17-24(30(37)38)19-26(36)18-22-7-11-25(12-8-22)31(32,33)34/h2-14,24H,15-19H2,1H3,(H,37,38). The number of carbonyl (C=O) groups excluding carboxylic acids is 1. The number of nitrogens with zero attached hydrogens (tertiary/aromatic N) is 1. The summed E-state index contributed by atoms with van der Waals surface area (Å²) in [4.78, 5) is 28.8. The quantitative estimate of drug-likeness (QED) is 0.210. The van der Waals surface area contributed by atoms with Gasteiger partial charge in [0.1, 0.15) is 17.3 Å². The number of hydrogen-bond donors (Lipinski definition) is 1. The Balaban J connectivity index is 1.27. The molecule has 0 aliphatic heterocycles. The SMILES string of the molecule is Cc1oc(-c2ccccc2)nc1CCOc1ccc(CC(CC(=O)Cc2ccc(C(F)(F)F)cc2)C(=O)O)cc1. The van der Waals surface area contributed by atoms with E-state index in [4.69, 9.17) is 9.15 Å². The van der Waals surface area contributed by atoms with Crippen molar-refractivity contribution in [3.05, 3.63) is 107 Å². The van der Waals surface area contributed by atoms with Crippen LogP contribution in [0.3, 0.4) is 0 Å². The van der Waals surface area contributed by atoms with Gasteiger partial charge in [0, 0.05) is 24.8 Å². The van der Waals surface area contributed by atoms with Gasteiger partial charge in [0.25, 0.3) is 0 Å². The molecule has 4 rings (SSSR count). The molecule has 208 valence electrons. The van der Waals surface area contributed by atoms with E-state index in [9.17, 15) is 27.9 Å². The molecule has 1 N–H and O–H groups in total. The van der Waals surface area contributed by atoms with Crippen molar-refractivity contribution in [1.29, 1.82) is 0 Å². The fourth-order valence-electron chi connectivity index (χ4n) is 4.27. The highest BCUT2D eigenvalue weighted by atomic mass is 19.4.